The molecule has 0 saturated heterocycles. The summed E-state index contributed by atoms with van der Waals surface area (Å²) < 4.78 is 6.37. The number of phenols is 1. The van der Waals surface area contributed by atoms with E-state index in [0.717, 1.165) is 4.68 Å². The Labute approximate surface area is 171 Å². The van der Waals surface area contributed by atoms with Crippen molar-refractivity contribution in [3.05, 3.63) is 68.6 Å². The summed E-state index contributed by atoms with van der Waals surface area (Å²) in [5.74, 6) is -0.161. The molecule has 1 atom stereocenters. The maximum Gasteiger partial charge on any atom is 0.290 e. The Balaban J connectivity index is 2.06. The van der Waals surface area contributed by atoms with E-state index in [-0.39, 0.29) is 28.4 Å². The molecule has 0 aliphatic rings. The normalized spacial score (nSPS) is 11.7. The standard InChI is InChI=1S/C20H23N5O5/c1-11(14-9-6-10-30-14)21-15-16(20(29)25(4)23-18(15)27)22-13-8-5-7-12(17(13)26)19(28)24(2)3/h5-11,21-22,26H,1-4H3,(H,23,27). The van der Waals surface area contributed by atoms with Gasteiger partial charge in [-0.15, -0.1) is 0 Å². The molecule has 2 aromatic heterocycles. The lowest BCUT2D eigenvalue weighted by Gasteiger charge is -2.18. The van der Waals surface area contributed by atoms with Gasteiger partial charge in [-0.25, -0.2) is 0 Å². The number of aromatic nitrogens is 2. The van der Waals surface area contributed by atoms with E-state index in [1.165, 1.54) is 30.3 Å². The molecule has 0 saturated carbocycles. The SMILES string of the molecule is CC(Nc1c(Nc2cccc(C(=O)N(C)C)c2O)c(=O)n(C)[nH]c1=O)c1ccco1. The summed E-state index contributed by atoms with van der Waals surface area (Å²) in [6.45, 7) is 1.77. The molecule has 10 nitrogen and oxygen atoms in total. The van der Waals surface area contributed by atoms with Crippen LogP contribution >= 0.6 is 0 Å². The molecule has 0 aliphatic carbocycles. The Bertz CT molecular complexity index is 1180. The topological polar surface area (TPSA) is 133 Å². The van der Waals surface area contributed by atoms with Gasteiger partial charge < -0.3 is 25.1 Å². The van der Waals surface area contributed by atoms with Crippen molar-refractivity contribution in [3.8, 4) is 5.75 Å². The van der Waals surface area contributed by atoms with Crippen LogP contribution in [0.5, 0.6) is 5.75 Å². The third kappa shape index (κ3) is 3.93. The Kier molecular flexibility index (Phi) is 5.67. The van der Waals surface area contributed by atoms with Crippen LogP contribution in [0.25, 0.3) is 0 Å². The Morgan fingerprint density at radius 1 is 1.20 bits per heavy atom. The number of benzene rings is 1. The summed E-state index contributed by atoms with van der Waals surface area (Å²) in [4.78, 5) is 39.0. The molecule has 0 bridgehead atoms. The second-order valence-corrected chi connectivity index (χ2v) is 6.96. The average molecular weight is 413 g/mol. The number of carbonyl (C=O) groups excluding carboxylic acids is 1. The predicted octanol–water partition coefficient (Wildman–Crippen LogP) is 1.99. The van der Waals surface area contributed by atoms with E-state index in [1.54, 1.807) is 39.2 Å². The number of rotatable bonds is 6. The third-order valence-corrected chi connectivity index (χ3v) is 4.53. The summed E-state index contributed by atoms with van der Waals surface area (Å²) in [7, 11) is 4.53. The second-order valence-electron chi connectivity index (χ2n) is 6.96. The van der Waals surface area contributed by atoms with Gasteiger partial charge in [-0.3, -0.25) is 24.2 Å². The van der Waals surface area contributed by atoms with Crippen molar-refractivity contribution >= 4 is 23.0 Å². The number of aromatic hydroxyl groups is 1. The fourth-order valence-electron chi connectivity index (χ4n) is 2.92. The molecule has 0 fully saturated rings. The second kappa shape index (κ2) is 8.19. The van der Waals surface area contributed by atoms with Gasteiger partial charge in [0.2, 0.25) is 0 Å². The first-order chi connectivity index (χ1) is 14.2. The molecule has 1 amide bonds. The molecule has 0 radical (unpaired) electrons. The van der Waals surface area contributed by atoms with Gasteiger partial charge >= 0.3 is 0 Å². The molecular formula is C20H23N5O5. The number of para-hydroxylation sites is 1. The monoisotopic (exact) mass is 413 g/mol. The zero-order valence-electron chi connectivity index (χ0n) is 17.0. The van der Waals surface area contributed by atoms with Crippen molar-refractivity contribution in [3.63, 3.8) is 0 Å². The van der Waals surface area contributed by atoms with Crippen LogP contribution < -0.4 is 21.8 Å². The fraction of sp³-hybridized carbons (Fsp3) is 0.250. The van der Waals surface area contributed by atoms with Crippen LogP contribution in [0.2, 0.25) is 0 Å². The summed E-state index contributed by atoms with van der Waals surface area (Å²) in [6, 6.07) is 7.58. The molecule has 0 aliphatic heterocycles. The van der Waals surface area contributed by atoms with Crippen molar-refractivity contribution in [2.75, 3.05) is 24.7 Å². The summed E-state index contributed by atoms with van der Waals surface area (Å²) in [5, 5.41) is 18.8. The quantitative estimate of drug-likeness (QED) is 0.454. The number of H-pyrrole nitrogens is 1. The number of anilines is 3. The zero-order valence-corrected chi connectivity index (χ0v) is 17.0. The number of hydrogen-bond donors (Lipinski definition) is 4. The number of carbonyl (C=O) groups is 1. The molecular weight excluding hydrogens is 390 g/mol. The molecule has 0 spiro atoms. The number of phenolic OH excluding ortho intramolecular Hbond substituents is 1. The lowest BCUT2D eigenvalue weighted by Crippen LogP contribution is -2.32. The zero-order chi connectivity index (χ0) is 22.0. The van der Waals surface area contributed by atoms with E-state index in [0.29, 0.717) is 5.76 Å². The number of aromatic amines is 1. The van der Waals surface area contributed by atoms with Crippen LogP contribution in [-0.4, -0.2) is 39.8 Å². The minimum absolute atomic E-state index is 0.0225. The molecule has 1 aromatic carbocycles. The maximum absolute atomic E-state index is 12.8. The molecule has 1 unspecified atom stereocenters. The molecule has 3 aromatic rings. The molecule has 3 rings (SSSR count). The van der Waals surface area contributed by atoms with Crippen molar-refractivity contribution in [2.24, 2.45) is 7.05 Å². The van der Waals surface area contributed by atoms with Gasteiger partial charge in [0.15, 0.2) is 5.75 Å². The highest BCUT2D eigenvalue weighted by Gasteiger charge is 2.21. The van der Waals surface area contributed by atoms with Crippen molar-refractivity contribution in [1.29, 1.82) is 0 Å². The van der Waals surface area contributed by atoms with Crippen LogP contribution in [0.1, 0.15) is 29.1 Å². The minimum Gasteiger partial charge on any atom is -0.505 e. The van der Waals surface area contributed by atoms with Crippen molar-refractivity contribution in [2.45, 2.75) is 13.0 Å². The molecule has 2 heterocycles. The fourth-order valence-corrected chi connectivity index (χ4v) is 2.92. The number of aryl methyl sites for hydroxylation is 1. The molecule has 158 valence electrons. The molecule has 30 heavy (non-hydrogen) atoms. The van der Waals surface area contributed by atoms with Gasteiger partial charge in [0.05, 0.1) is 23.6 Å². The van der Waals surface area contributed by atoms with Crippen molar-refractivity contribution in [1.82, 2.24) is 14.7 Å². The number of nitrogens with one attached hydrogen (secondary N) is 3. The van der Waals surface area contributed by atoms with E-state index in [9.17, 15) is 19.5 Å². The number of nitrogens with zero attached hydrogens (tertiary/aromatic N) is 2. The van der Waals surface area contributed by atoms with Crippen LogP contribution in [0.4, 0.5) is 17.1 Å². The first-order valence-electron chi connectivity index (χ1n) is 9.14. The molecule has 4 N–H and O–H groups in total. The van der Waals surface area contributed by atoms with E-state index >= 15 is 0 Å². The number of hydrogen-bond acceptors (Lipinski definition) is 7. The van der Waals surface area contributed by atoms with E-state index in [1.807, 2.05) is 0 Å². The number of amides is 1. The molecule has 10 heteroatoms. The van der Waals surface area contributed by atoms with Gasteiger partial charge in [0.25, 0.3) is 17.0 Å². The van der Waals surface area contributed by atoms with Gasteiger partial charge in [-0.05, 0) is 31.2 Å². The van der Waals surface area contributed by atoms with Gasteiger partial charge in [-0.2, -0.15) is 0 Å². The van der Waals surface area contributed by atoms with E-state index in [2.05, 4.69) is 15.7 Å². The average Bonchev–Trinajstić information content (AvgIpc) is 3.24. The minimum atomic E-state index is -0.544. The number of furan rings is 1. The van der Waals surface area contributed by atoms with Crippen LogP contribution in [0, 0.1) is 0 Å². The Morgan fingerprint density at radius 2 is 1.93 bits per heavy atom. The Hall–Kier alpha value is -3.95. The van der Waals surface area contributed by atoms with Crippen molar-refractivity contribution < 1.29 is 14.3 Å². The highest BCUT2D eigenvalue weighted by molar-refractivity contribution is 5.98. The first-order valence-corrected chi connectivity index (χ1v) is 9.14. The predicted molar refractivity (Wildman–Crippen MR) is 112 cm³/mol. The van der Waals surface area contributed by atoms with E-state index in [4.69, 9.17) is 4.42 Å². The highest BCUT2D eigenvalue weighted by Crippen LogP contribution is 2.32. The lowest BCUT2D eigenvalue weighted by atomic mass is 10.1. The van der Waals surface area contributed by atoms with Crippen LogP contribution in [0.3, 0.4) is 0 Å². The maximum atomic E-state index is 12.8. The first kappa shape index (κ1) is 20.8. The summed E-state index contributed by atoms with van der Waals surface area (Å²) in [5.41, 5.74) is -1.01. The van der Waals surface area contributed by atoms with Crippen LogP contribution in [0.15, 0.2) is 50.6 Å². The summed E-state index contributed by atoms with van der Waals surface area (Å²) >= 11 is 0. The lowest BCUT2D eigenvalue weighted by molar-refractivity contribution is 0.0824. The summed E-state index contributed by atoms with van der Waals surface area (Å²) in [6.07, 6.45) is 1.51. The van der Waals surface area contributed by atoms with Gasteiger partial charge in [0.1, 0.15) is 17.1 Å². The largest absolute Gasteiger partial charge is 0.505 e. The smallest absolute Gasteiger partial charge is 0.290 e. The third-order valence-electron chi connectivity index (χ3n) is 4.53. The van der Waals surface area contributed by atoms with Gasteiger partial charge in [-0.1, -0.05) is 6.07 Å². The van der Waals surface area contributed by atoms with E-state index < -0.39 is 23.1 Å². The van der Waals surface area contributed by atoms with Gasteiger partial charge in [0, 0.05) is 21.1 Å². The van der Waals surface area contributed by atoms with Crippen LogP contribution in [-0.2, 0) is 7.05 Å². The Morgan fingerprint density at radius 3 is 2.57 bits per heavy atom. The highest BCUT2D eigenvalue weighted by atomic mass is 16.3.